The minimum atomic E-state index is -0.929. The summed E-state index contributed by atoms with van der Waals surface area (Å²) in [7, 11) is 0. The Hall–Kier alpha value is -0.160. The number of aliphatic hydroxyl groups is 3. The van der Waals surface area contributed by atoms with Crippen molar-refractivity contribution in [1.82, 2.24) is 0 Å². The van der Waals surface area contributed by atoms with E-state index >= 15 is 0 Å². The van der Waals surface area contributed by atoms with Crippen LogP contribution in [0.15, 0.2) is 0 Å². The third-order valence-corrected chi connectivity index (χ3v) is 2.97. The van der Waals surface area contributed by atoms with Crippen molar-refractivity contribution in [2.45, 2.75) is 43.2 Å². The molecule has 2 aliphatic rings. The van der Waals surface area contributed by atoms with Crippen molar-refractivity contribution in [2.24, 2.45) is 0 Å². The van der Waals surface area contributed by atoms with Crippen molar-refractivity contribution in [1.29, 1.82) is 0 Å². The molecule has 2 bridgehead atoms. The molecule has 2 fully saturated rings. The minimum Gasteiger partial charge on any atom is -0.393 e. The predicted octanol–water partition coefficient (Wildman–Crippen LogP) is -0.978. The molecule has 0 unspecified atom stereocenters. The summed E-state index contributed by atoms with van der Waals surface area (Å²) in [5, 5.41) is 28.1. The van der Waals surface area contributed by atoms with E-state index in [0.29, 0.717) is 12.8 Å². The molecule has 4 heteroatoms. The van der Waals surface area contributed by atoms with Gasteiger partial charge in [0.2, 0.25) is 0 Å². The largest absolute Gasteiger partial charge is 0.393 e. The number of hydrogen-bond acceptors (Lipinski definition) is 4. The standard InChI is InChI=1S/C8H14O4/c9-4-8-2-1-5(12-8)3-6(10)7(8)11/h5-7,9-11H,1-4H2/t5-,6-,7-,8-/m1/s1. The van der Waals surface area contributed by atoms with Crippen LogP contribution in [0.4, 0.5) is 0 Å². The molecule has 0 aromatic heterocycles. The van der Waals surface area contributed by atoms with Crippen molar-refractivity contribution < 1.29 is 20.1 Å². The Bertz CT molecular complexity index is 184. The molecule has 0 aliphatic carbocycles. The zero-order valence-corrected chi connectivity index (χ0v) is 6.81. The van der Waals surface area contributed by atoms with Gasteiger partial charge in [0.25, 0.3) is 0 Å². The molecule has 70 valence electrons. The fourth-order valence-electron chi connectivity index (χ4n) is 2.20. The number of ether oxygens (including phenoxy) is 1. The van der Waals surface area contributed by atoms with Crippen LogP contribution in [-0.4, -0.2) is 45.8 Å². The maximum Gasteiger partial charge on any atom is 0.120 e. The van der Waals surface area contributed by atoms with E-state index in [1.165, 1.54) is 0 Å². The third kappa shape index (κ3) is 0.992. The number of rotatable bonds is 1. The Kier molecular flexibility index (Phi) is 1.88. The van der Waals surface area contributed by atoms with Crippen molar-refractivity contribution in [3.8, 4) is 0 Å². The molecule has 0 amide bonds. The summed E-state index contributed by atoms with van der Waals surface area (Å²) in [4.78, 5) is 0. The Morgan fingerprint density at radius 3 is 2.83 bits per heavy atom. The van der Waals surface area contributed by atoms with E-state index in [1.807, 2.05) is 0 Å². The molecule has 0 radical (unpaired) electrons. The molecule has 2 aliphatic heterocycles. The van der Waals surface area contributed by atoms with Gasteiger partial charge in [-0.15, -0.1) is 0 Å². The number of hydrogen-bond donors (Lipinski definition) is 3. The molecule has 0 aromatic rings. The Morgan fingerprint density at radius 2 is 2.17 bits per heavy atom. The normalized spacial score (nSPS) is 52.8. The second-order valence-electron chi connectivity index (χ2n) is 3.75. The van der Waals surface area contributed by atoms with Crippen molar-refractivity contribution in [3.05, 3.63) is 0 Å². The Labute approximate surface area is 70.8 Å². The van der Waals surface area contributed by atoms with Crippen molar-refractivity contribution >= 4 is 0 Å². The molecule has 4 atom stereocenters. The first-order valence-corrected chi connectivity index (χ1v) is 4.33. The first kappa shape index (κ1) is 8.44. The Morgan fingerprint density at radius 1 is 1.42 bits per heavy atom. The summed E-state index contributed by atoms with van der Waals surface area (Å²) in [6, 6.07) is 0. The first-order chi connectivity index (χ1) is 5.68. The monoisotopic (exact) mass is 174 g/mol. The van der Waals surface area contributed by atoms with Gasteiger partial charge in [0, 0.05) is 6.42 Å². The van der Waals surface area contributed by atoms with E-state index in [1.54, 1.807) is 0 Å². The van der Waals surface area contributed by atoms with Gasteiger partial charge in [0.15, 0.2) is 0 Å². The fourth-order valence-corrected chi connectivity index (χ4v) is 2.20. The van der Waals surface area contributed by atoms with Crippen LogP contribution in [-0.2, 0) is 4.74 Å². The molecule has 2 rings (SSSR count). The van der Waals surface area contributed by atoms with Crippen molar-refractivity contribution in [3.63, 3.8) is 0 Å². The molecule has 4 nitrogen and oxygen atoms in total. The second kappa shape index (κ2) is 2.67. The van der Waals surface area contributed by atoms with Crippen LogP contribution >= 0.6 is 0 Å². The van der Waals surface area contributed by atoms with Crippen LogP contribution in [0.2, 0.25) is 0 Å². The molecular formula is C8H14O4. The second-order valence-corrected chi connectivity index (χ2v) is 3.75. The lowest BCUT2D eigenvalue weighted by atomic mass is 9.90. The van der Waals surface area contributed by atoms with E-state index in [2.05, 4.69) is 0 Å². The smallest absolute Gasteiger partial charge is 0.120 e. The van der Waals surface area contributed by atoms with E-state index in [0.717, 1.165) is 6.42 Å². The van der Waals surface area contributed by atoms with Gasteiger partial charge in [-0.3, -0.25) is 0 Å². The maximum absolute atomic E-state index is 9.58. The van der Waals surface area contributed by atoms with Crippen LogP contribution < -0.4 is 0 Å². The van der Waals surface area contributed by atoms with E-state index in [9.17, 15) is 10.2 Å². The lowest BCUT2D eigenvalue weighted by Crippen LogP contribution is -2.55. The molecule has 2 saturated heterocycles. The zero-order chi connectivity index (χ0) is 8.77. The van der Waals surface area contributed by atoms with E-state index in [4.69, 9.17) is 9.84 Å². The van der Waals surface area contributed by atoms with Gasteiger partial charge in [0.05, 0.1) is 18.8 Å². The Balaban J connectivity index is 2.21. The van der Waals surface area contributed by atoms with Gasteiger partial charge < -0.3 is 20.1 Å². The summed E-state index contributed by atoms with van der Waals surface area (Å²) >= 11 is 0. The molecule has 3 N–H and O–H groups in total. The summed E-state index contributed by atoms with van der Waals surface area (Å²) in [6.45, 7) is -0.207. The maximum atomic E-state index is 9.58. The SMILES string of the molecule is OC[C@]12CC[C@H](C[C@@H](O)[C@H]1O)O2. The van der Waals surface area contributed by atoms with Gasteiger partial charge in [-0.1, -0.05) is 0 Å². The minimum absolute atomic E-state index is 0.0237. The predicted molar refractivity (Wildman–Crippen MR) is 40.6 cm³/mol. The fraction of sp³-hybridized carbons (Fsp3) is 1.00. The van der Waals surface area contributed by atoms with Gasteiger partial charge in [0.1, 0.15) is 11.7 Å². The highest BCUT2D eigenvalue weighted by Crippen LogP contribution is 2.41. The first-order valence-electron chi connectivity index (χ1n) is 4.33. The van der Waals surface area contributed by atoms with Crippen LogP contribution in [0, 0.1) is 0 Å². The summed E-state index contributed by atoms with van der Waals surface area (Å²) < 4.78 is 5.46. The van der Waals surface area contributed by atoms with Gasteiger partial charge in [-0.05, 0) is 12.8 Å². The summed E-state index contributed by atoms with van der Waals surface area (Å²) in [5.41, 5.74) is -0.873. The van der Waals surface area contributed by atoms with Crippen LogP contribution in [0.1, 0.15) is 19.3 Å². The highest BCUT2D eigenvalue weighted by molar-refractivity contribution is 5.02. The highest BCUT2D eigenvalue weighted by atomic mass is 16.5. The lowest BCUT2D eigenvalue weighted by Gasteiger charge is -2.39. The van der Waals surface area contributed by atoms with Crippen molar-refractivity contribution in [2.75, 3.05) is 6.61 Å². The van der Waals surface area contributed by atoms with Crippen LogP contribution in [0.3, 0.4) is 0 Å². The quantitative estimate of drug-likeness (QED) is 0.478. The van der Waals surface area contributed by atoms with Gasteiger partial charge in [-0.25, -0.2) is 0 Å². The number of aliphatic hydroxyl groups excluding tert-OH is 3. The molecule has 0 spiro atoms. The topological polar surface area (TPSA) is 69.9 Å². The average Bonchev–Trinajstić information content (AvgIpc) is 2.43. The third-order valence-electron chi connectivity index (χ3n) is 2.97. The van der Waals surface area contributed by atoms with Gasteiger partial charge >= 0.3 is 0 Å². The van der Waals surface area contributed by atoms with Gasteiger partial charge in [-0.2, -0.15) is 0 Å². The molecule has 0 aromatic carbocycles. The van der Waals surface area contributed by atoms with E-state index in [-0.39, 0.29) is 12.7 Å². The summed E-state index contributed by atoms with van der Waals surface area (Å²) in [6.07, 6.45) is 0.319. The molecule has 2 heterocycles. The average molecular weight is 174 g/mol. The lowest BCUT2D eigenvalue weighted by molar-refractivity contribution is -0.208. The van der Waals surface area contributed by atoms with E-state index < -0.39 is 17.8 Å². The van der Waals surface area contributed by atoms with Crippen LogP contribution in [0.25, 0.3) is 0 Å². The highest BCUT2D eigenvalue weighted by Gasteiger charge is 2.52. The summed E-state index contributed by atoms with van der Waals surface area (Å²) in [5.74, 6) is 0. The van der Waals surface area contributed by atoms with Crippen LogP contribution in [0.5, 0.6) is 0 Å². The molecular weight excluding hydrogens is 160 g/mol. The zero-order valence-electron chi connectivity index (χ0n) is 6.81. The number of fused-ring (bicyclic) bond motifs is 2. The molecule has 0 saturated carbocycles. The molecule has 12 heavy (non-hydrogen) atoms.